The lowest BCUT2D eigenvalue weighted by Crippen LogP contribution is -2.54. The number of hydrogen-bond acceptors (Lipinski definition) is 10. The summed E-state index contributed by atoms with van der Waals surface area (Å²) in [5.74, 6) is 2.50. The average molecular weight is 587 g/mol. The third kappa shape index (κ3) is 4.73. The van der Waals surface area contributed by atoms with Crippen LogP contribution in [0.2, 0.25) is 0 Å². The Morgan fingerprint density at radius 2 is 1.88 bits per heavy atom. The first-order chi connectivity index (χ1) is 19.9. The van der Waals surface area contributed by atoms with Crippen molar-refractivity contribution in [2.75, 3.05) is 54.4 Å². The lowest BCUT2D eigenvalue weighted by molar-refractivity contribution is -0.0893. The maximum Gasteiger partial charge on any atom is 0.229 e. The largest absolute Gasteiger partial charge is 0.374 e. The summed E-state index contributed by atoms with van der Waals surface area (Å²) >= 11 is 0. The van der Waals surface area contributed by atoms with Crippen LogP contribution in [-0.4, -0.2) is 81.0 Å². The topological polar surface area (TPSA) is 99.1 Å². The minimum atomic E-state index is -2.36. The highest BCUT2D eigenvalue weighted by atomic mass is 32.2. The van der Waals surface area contributed by atoms with Crippen LogP contribution in [0.4, 0.5) is 34.8 Å². The second kappa shape index (κ2) is 9.48. The number of piperazine rings is 1. The third-order valence-corrected chi connectivity index (χ3v) is 9.53. The Balaban J connectivity index is 1.22. The number of ether oxygens (including phenoxy) is 1. The summed E-state index contributed by atoms with van der Waals surface area (Å²) in [6.45, 7) is 9.02. The van der Waals surface area contributed by atoms with E-state index in [2.05, 4.69) is 82.5 Å². The van der Waals surface area contributed by atoms with E-state index in [4.69, 9.17) is 19.7 Å². The first-order valence-corrected chi connectivity index (χ1v) is 16.7. The van der Waals surface area contributed by atoms with Gasteiger partial charge in [-0.2, -0.15) is 9.35 Å². The molecule has 1 N–H and O–H groups in total. The molecule has 4 aliphatic heterocycles. The molecule has 0 unspecified atom stereocenters. The third-order valence-electron chi connectivity index (χ3n) is 8.90. The van der Waals surface area contributed by atoms with Crippen LogP contribution < -0.4 is 15.1 Å². The van der Waals surface area contributed by atoms with Crippen LogP contribution in [0.25, 0.3) is 0 Å². The molecular formula is C31H38N8O2S. The average Bonchev–Trinajstić information content (AvgIpc) is 3.57. The zero-order valence-electron chi connectivity index (χ0n) is 25.0. The highest BCUT2D eigenvalue weighted by Crippen LogP contribution is 2.53. The van der Waals surface area contributed by atoms with Crippen LogP contribution in [0.15, 0.2) is 64.8 Å². The van der Waals surface area contributed by atoms with Crippen molar-refractivity contribution in [3.8, 4) is 0 Å². The minimum absolute atomic E-state index is 0.0552. The fourth-order valence-corrected chi connectivity index (χ4v) is 7.21. The Labute approximate surface area is 248 Å². The van der Waals surface area contributed by atoms with Crippen molar-refractivity contribution >= 4 is 44.5 Å². The Kier molecular flexibility index (Phi) is 6.17. The maximum atomic E-state index is 12.4. The molecule has 0 amide bonds. The Hall–Kier alpha value is -3.54. The first-order valence-electron chi connectivity index (χ1n) is 14.4. The van der Waals surface area contributed by atoms with Gasteiger partial charge >= 0.3 is 0 Å². The summed E-state index contributed by atoms with van der Waals surface area (Å²) in [7, 11) is -0.180. The molecule has 0 saturated carbocycles. The lowest BCUT2D eigenvalue weighted by Gasteiger charge is -2.46. The lowest BCUT2D eigenvalue weighted by atomic mass is 9.73. The van der Waals surface area contributed by atoms with Gasteiger partial charge in [0, 0.05) is 75.6 Å². The zero-order chi connectivity index (χ0) is 29.4. The molecule has 7 rings (SSSR count). The van der Waals surface area contributed by atoms with Crippen molar-refractivity contribution in [3.63, 3.8) is 0 Å². The van der Waals surface area contributed by atoms with Crippen LogP contribution in [0.5, 0.6) is 0 Å². The number of benzene rings is 1. The summed E-state index contributed by atoms with van der Waals surface area (Å²) < 4.78 is 23.1. The van der Waals surface area contributed by atoms with Crippen LogP contribution in [0.1, 0.15) is 32.8 Å². The van der Waals surface area contributed by atoms with Gasteiger partial charge in [-0.1, -0.05) is 13.0 Å². The molecule has 42 heavy (non-hydrogen) atoms. The highest BCUT2D eigenvalue weighted by Gasteiger charge is 2.55. The summed E-state index contributed by atoms with van der Waals surface area (Å²) in [5.41, 5.74) is 3.91. The summed E-state index contributed by atoms with van der Waals surface area (Å²) in [6.07, 6.45) is 8.31. The number of likely N-dealkylation sites (N-methyl/N-ethyl adjacent to an activating group) is 1. The predicted octanol–water partition coefficient (Wildman–Crippen LogP) is 4.97. The Bertz CT molecular complexity index is 1710. The van der Waals surface area contributed by atoms with Gasteiger partial charge in [0.05, 0.1) is 18.2 Å². The molecule has 2 aromatic heterocycles. The number of aromatic nitrogens is 3. The number of fused-ring (bicyclic) bond motifs is 4. The molecule has 220 valence electrons. The SMILES string of the molecule is CN1CC2=C[C@@H]1CN2c1ccc(Nc2ncc3c(n2)N(c2cccc(N=S(C)(C)=O)n2)[C@H]2CC(C)(C)OC[C@@]32C)cc1. The Morgan fingerprint density at radius 3 is 2.57 bits per heavy atom. The number of rotatable bonds is 5. The Morgan fingerprint density at radius 1 is 1.10 bits per heavy atom. The van der Waals surface area contributed by atoms with Crippen molar-refractivity contribution < 1.29 is 8.95 Å². The molecule has 3 aromatic rings. The number of pyridine rings is 1. The van der Waals surface area contributed by atoms with Crippen LogP contribution in [0, 0.1) is 0 Å². The van der Waals surface area contributed by atoms with E-state index in [9.17, 15) is 4.21 Å². The van der Waals surface area contributed by atoms with E-state index in [-0.39, 0.29) is 17.1 Å². The van der Waals surface area contributed by atoms with Crippen molar-refractivity contribution in [2.24, 2.45) is 4.36 Å². The molecule has 11 heteroatoms. The van der Waals surface area contributed by atoms with Gasteiger partial charge in [0.15, 0.2) is 5.82 Å². The van der Waals surface area contributed by atoms with Gasteiger partial charge in [-0.25, -0.2) is 14.2 Å². The summed E-state index contributed by atoms with van der Waals surface area (Å²) in [4.78, 5) is 21.6. The molecule has 2 bridgehead atoms. The van der Waals surface area contributed by atoms with Gasteiger partial charge < -0.3 is 19.9 Å². The standard InChI is InChI=1S/C31H38N8O2S/c1-30(2)15-25-31(3,19-41-30)24-16-32-29(35-28(24)39(25)27-9-7-8-26(34-27)36-42(5,6)40)33-20-10-12-21(13-11-20)38-18-22-14-23(38)17-37(22)4/h7-14,16,22,25H,15,17-19H2,1-6H3,(H,32,33,35)/t22-,25+,31+/m1/s1. The predicted molar refractivity (Wildman–Crippen MR) is 168 cm³/mol. The molecule has 0 aliphatic carbocycles. The molecule has 1 aromatic carbocycles. The molecule has 6 heterocycles. The zero-order valence-corrected chi connectivity index (χ0v) is 25.9. The fourth-order valence-electron chi connectivity index (χ4n) is 6.65. The van der Waals surface area contributed by atoms with Crippen LogP contribution >= 0.6 is 0 Å². The van der Waals surface area contributed by atoms with Gasteiger partial charge in [-0.3, -0.25) is 4.90 Å². The van der Waals surface area contributed by atoms with E-state index < -0.39 is 9.73 Å². The van der Waals surface area contributed by atoms with Gasteiger partial charge in [0.1, 0.15) is 11.6 Å². The van der Waals surface area contributed by atoms with Crippen molar-refractivity contribution in [1.82, 2.24) is 19.9 Å². The number of nitrogens with zero attached hydrogens (tertiary/aromatic N) is 7. The minimum Gasteiger partial charge on any atom is -0.374 e. The summed E-state index contributed by atoms with van der Waals surface area (Å²) in [5, 5.41) is 3.42. The number of hydrogen-bond donors (Lipinski definition) is 1. The molecule has 0 spiro atoms. The van der Waals surface area contributed by atoms with Crippen LogP contribution in [0.3, 0.4) is 0 Å². The second-order valence-electron chi connectivity index (χ2n) is 13.0. The fraction of sp³-hybridized carbons (Fsp3) is 0.452. The molecule has 1 saturated heterocycles. The van der Waals surface area contributed by atoms with E-state index in [1.807, 2.05) is 18.3 Å². The molecular weight excluding hydrogens is 548 g/mol. The molecule has 10 nitrogen and oxygen atoms in total. The normalized spacial score (nSPS) is 26.2. The van der Waals surface area contributed by atoms with Gasteiger partial charge in [0.25, 0.3) is 0 Å². The summed E-state index contributed by atoms with van der Waals surface area (Å²) in [6, 6.07) is 14.7. The molecule has 1 fully saturated rings. The molecule has 0 radical (unpaired) electrons. The monoisotopic (exact) mass is 586 g/mol. The van der Waals surface area contributed by atoms with Crippen LogP contribution in [-0.2, 0) is 19.9 Å². The quantitative estimate of drug-likeness (QED) is 0.444. The van der Waals surface area contributed by atoms with Gasteiger partial charge in [-0.15, -0.1) is 0 Å². The van der Waals surface area contributed by atoms with Crippen molar-refractivity contribution in [1.29, 1.82) is 0 Å². The van der Waals surface area contributed by atoms with E-state index in [0.29, 0.717) is 24.4 Å². The first kappa shape index (κ1) is 27.3. The van der Waals surface area contributed by atoms with Gasteiger partial charge in [-0.05, 0) is 69.8 Å². The smallest absolute Gasteiger partial charge is 0.229 e. The number of nitrogens with one attached hydrogen (secondary N) is 1. The van der Waals surface area contributed by atoms with Crippen molar-refractivity contribution in [3.05, 3.63) is 66.0 Å². The number of anilines is 5. The molecule has 3 atom stereocenters. The maximum absolute atomic E-state index is 12.4. The van der Waals surface area contributed by atoms with Crippen molar-refractivity contribution in [2.45, 2.75) is 50.3 Å². The second-order valence-corrected chi connectivity index (χ2v) is 15.6. The van der Waals surface area contributed by atoms with E-state index in [1.165, 1.54) is 11.4 Å². The van der Waals surface area contributed by atoms with E-state index in [1.54, 1.807) is 18.6 Å². The molecule has 4 aliphatic rings. The highest BCUT2D eigenvalue weighted by molar-refractivity contribution is 7.92. The van der Waals surface area contributed by atoms with Gasteiger partial charge in [0.2, 0.25) is 5.95 Å². The van der Waals surface area contributed by atoms with E-state index in [0.717, 1.165) is 42.4 Å². The van der Waals surface area contributed by atoms with E-state index >= 15 is 0 Å².